The summed E-state index contributed by atoms with van der Waals surface area (Å²) in [5.74, 6) is 0. The SMILES string of the molecule is Cc1nnsc1Cn1cnc2onc(C)c2c1=O. The molecule has 0 aromatic carbocycles. The van der Waals surface area contributed by atoms with Crippen LogP contribution in [-0.2, 0) is 6.54 Å². The molecule has 0 bridgehead atoms. The number of rotatable bonds is 2. The number of fused-ring (bicyclic) bond motifs is 1. The predicted octanol–water partition coefficient (Wildman–Crippen LogP) is 0.901. The lowest BCUT2D eigenvalue weighted by atomic mass is 10.3. The first-order valence-electron chi connectivity index (χ1n) is 5.26. The summed E-state index contributed by atoms with van der Waals surface area (Å²) in [5.41, 5.74) is 1.49. The van der Waals surface area contributed by atoms with Gasteiger partial charge in [-0.25, -0.2) is 4.98 Å². The van der Waals surface area contributed by atoms with Crippen LogP contribution in [0.25, 0.3) is 11.1 Å². The van der Waals surface area contributed by atoms with E-state index in [4.69, 9.17) is 4.52 Å². The van der Waals surface area contributed by atoms with E-state index >= 15 is 0 Å². The Kier molecular flexibility index (Phi) is 2.44. The second-order valence-corrected chi connectivity index (χ2v) is 4.75. The lowest BCUT2D eigenvalue weighted by Gasteiger charge is -2.02. The van der Waals surface area contributed by atoms with Crippen LogP contribution in [0.3, 0.4) is 0 Å². The smallest absolute Gasteiger partial charge is 0.266 e. The van der Waals surface area contributed by atoms with Crippen molar-refractivity contribution in [2.45, 2.75) is 20.4 Å². The molecule has 8 heteroatoms. The molecule has 0 saturated carbocycles. The fourth-order valence-corrected chi connectivity index (χ4v) is 2.31. The molecule has 0 radical (unpaired) electrons. The summed E-state index contributed by atoms with van der Waals surface area (Å²) in [6.07, 6.45) is 1.45. The zero-order valence-electron chi connectivity index (χ0n) is 9.75. The van der Waals surface area contributed by atoms with Crippen LogP contribution in [0.5, 0.6) is 0 Å². The summed E-state index contributed by atoms with van der Waals surface area (Å²) in [5, 5.41) is 8.08. The molecule has 0 N–H and O–H groups in total. The Morgan fingerprint density at radius 3 is 2.94 bits per heavy atom. The third kappa shape index (κ3) is 1.61. The molecular weight excluding hydrogens is 254 g/mol. The van der Waals surface area contributed by atoms with Crippen LogP contribution in [0.1, 0.15) is 16.3 Å². The molecule has 0 amide bonds. The van der Waals surface area contributed by atoms with Gasteiger partial charge in [-0.3, -0.25) is 9.36 Å². The molecule has 0 unspecified atom stereocenters. The van der Waals surface area contributed by atoms with Gasteiger partial charge in [0.15, 0.2) is 0 Å². The van der Waals surface area contributed by atoms with Gasteiger partial charge in [-0.15, -0.1) is 5.10 Å². The first-order valence-corrected chi connectivity index (χ1v) is 6.03. The molecule has 0 spiro atoms. The van der Waals surface area contributed by atoms with Crippen molar-refractivity contribution >= 4 is 22.6 Å². The van der Waals surface area contributed by atoms with E-state index in [1.54, 1.807) is 6.92 Å². The Hall–Kier alpha value is -2.09. The van der Waals surface area contributed by atoms with Gasteiger partial charge in [0.25, 0.3) is 11.3 Å². The van der Waals surface area contributed by atoms with Gasteiger partial charge in [0.2, 0.25) is 0 Å². The van der Waals surface area contributed by atoms with Crippen molar-refractivity contribution in [3.05, 3.63) is 32.9 Å². The Balaban J connectivity index is 2.13. The van der Waals surface area contributed by atoms with Crippen molar-refractivity contribution in [1.29, 1.82) is 0 Å². The van der Waals surface area contributed by atoms with Gasteiger partial charge in [-0.2, -0.15) is 0 Å². The Bertz CT molecular complexity index is 772. The van der Waals surface area contributed by atoms with Gasteiger partial charge in [0.1, 0.15) is 11.7 Å². The van der Waals surface area contributed by atoms with E-state index in [-0.39, 0.29) is 11.3 Å². The van der Waals surface area contributed by atoms with E-state index < -0.39 is 0 Å². The first kappa shape index (κ1) is 11.0. The van der Waals surface area contributed by atoms with Crippen LogP contribution in [0.15, 0.2) is 15.6 Å². The van der Waals surface area contributed by atoms with Crippen LogP contribution in [0.2, 0.25) is 0 Å². The number of nitrogens with zero attached hydrogens (tertiary/aromatic N) is 5. The third-order valence-electron chi connectivity index (χ3n) is 2.69. The van der Waals surface area contributed by atoms with Crippen LogP contribution < -0.4 is 5.56 Å². The predicted molar refractivity (Wildman–Crippen MR) is 64.5 cm³/mol. The van der Waals surface area contributed by atoms with E-state index in [1.807, 2.05) is 6.92 Å². The second kappa shape index (κ2) is 3.98. The third-order valence-corrected chi connectivity index (χ3v) is 3.50. The quantitative estimate of drug-likeness (QED) is 0.682. The van der Waals surface area contributed by atoms with Crippen LogP contribution >= 0.6 is 11.5 Å². The summed E-state index contributed by atoms with van der Waals surface area (Å²) >= 11 is 1.28. The summed E-state index contributed by atoms with van der Waals surface area (Å²) in [4.78, 5) is 17.2. The Morgan fingerprint density at radius 1 is 1.39 bits per heavy atom. The van der Waals surface area contributed by atoms with Gasteiger partial charge < -0.3 is 4.52 Å². The highest BCUT2D eigenvalue weighted by Crippen LogP contribution is 2.13. The molecule has 18 heavy (non-hydrogen) atoms. The minimum Gasteiger partial charge on any atom is -0.335 e. The highest BCUT2D eigenvalue weighted by atomic mass is 32.1. The maximum atomic E-state index is 12.2. The maximum Gasteiger partial charge on any atom is 0.266 e. The number of aromatic nitrogens is 5. The van der Waals surface area contributed by atoms with Crippen LogP contribution in [0.4, 0.5) is 0 Å². The fourth-order valence-electron chi connectivity index (χ4n) is 1.67. The molecule has 0 fully saturated rings. The number of hydrogen-bond acceptors (Lipinski definition) is 7. The van der Waals surface area contributed by atoms with E-state index in [2.05, 4.69) is 19.7 Å². The molecule has 0 saturated heterocycles. The van der Waals surface area contributed by atoms with E-state index in [1.165, 1.54) is 22.4 Å². The second-order valence-electron chi connectivity index (χ2n) is 3.91. The topological polar surface area (TPSA) is 86.7 Å². The first-order chi connectivity index (χ1) is 8.66. The molecule has 92 valence electrons. The minimum absolute atomic E-state index is 0.161. The number of hydrogen-bond donors (Lipinski definition) is 0. The van der Waals surface area contributed by atoms with Crippen molar-refractivity contribution in [2.24, 2.45) is 0 Å². The standard InChI is InChI=1S/C10H9N5O2S/c1-5-7(18-14-12-5)3-15-4-11-9-8(10(15)16)6(2)13-17-9/h4H,3H2,1-2H3. The molecule has 3 aromatic rings. The molecule has 0 aliphatic heterocycles. The van der Waals surface area contributed by atoms with Crippen molar-refractivity contribution in [3.8, 4) is 0 Å². The lowest BCUT2D eigenvalue weighted by molar-refractivity contribution is 0.442. The van der Waals surface area contributed by atoms with Crippen molar-refractivity contribution in [1.82, 2.24) is 24.3 Å². The van der Waals surface area contributed by atoms with Gasteiger partial charge in [-0.1, -0.05) is 9.64 Å². The monoisotopic (exact) mass is 263 g/mol. The van der Waals surface area contributed by atoms with E-state index in [0.29, 0.717) is 17.6 Å². The minimum atomic E-state index is -0.161. The van der Waals surface area contributed by atoms with Gasteiger partial charge in [0.05, 0.1) is 22.8 Å². The van der Waals surface area contributed by atoms with Gasteiger partial charge in [-0.05, 0) is 25.4 Å². The summed E-state index contributed by atoms with van der Waals surface area (Å²) < 4.78 is 10.3. The molecule has 0 aliphatic carbocycles. The average Bonchev–Trinajstić information content (AvgIpc) is 2.91. The van der Waals surface area contributed by atoms with Crippen LogP contribution in [-0.4, -0.2) is 24.3 Å². The molecule has 0 atom stereocenters. The molecule has 0 aliphatic rings. The maximum absolute atomic E-state index is 12.2. The number of aryl methyl sites for hydroxylation is 2. The zero-order valence-corrected chi connectivity index (χ0v) is 10.6. The van der Waals surface area contributed by atoms with E-state index in [9.17, 15) is 4.79 Å². The van der Waals surface area contributed by atoms with Crippen molar-refractivity contribution in [2.75, 3.05) is 0 Å². The van der Waals surface area contributed by atoms with Crippen molar-refractivity contribution in [3.63, 3.8) is 0 Å². The molecule has 3 heterocycles. The molecule has 3 aromatic heterocycles. The summed E-state index contributed by atoms with van der Waals surface area (Å²) in [6.45, 7) is 4.00. The summed E-state index contributed by atoms with van der Waals surface area (Å²) in [7, 11) is 0. The Morgan fingerprint density at radius 2 is 2.22 bits per heavy atom. The van der Waals surface area contributed by atoms with E-state index in [0.717, 1.165) is 10.6 Å². The molecule has 7 nitrogen and oxygen atoms in total. The normalized spacial score (nSPS) is 11.2. The highest BCUT2D eigenvalue weighted by Gasteiger charge is 2.13. The van der Waals surface area contributed by atoms with Crippen molar-refractivity contribution < 1.29 is 4.52 Å². The summed E-state index contributed by atoms with van der Waals surface area (Å²) in [6, 6.07) is 0. The largest absolute Gasteiger partial charge is 0.335 e. The average molecular weight is 263 g/mol. The van der Waals surface area contributed by atoms with Gasteiger partial charge in [0, 0.05) is 0 Å². The lowest BCUT2D eigenvalue weighted by Crippen LogP contribution is -2.21. The molecular formula is C10H9N5O2S. The molecule has 3 rings (SSSR count). The van der Waals surface area contributed by atoms with Crippen LogP contribution in [0, 0.1) is 13.8 Å². The van der Waals surface area contributed by atoms with Gasteiger partial charge >= 0.3 is 0 Å². The zero-order chi connectivity index (χ0) is 12.7. The highest BCUT2D eigenvalue weighted by molar-refractivity contribution is 7.05. The fraction of sp³-hybridized carbons (Fsp3) is 0.300. The Labute approximate surface area is 105 Å².